The highest BCUT2D eigenvalue weighted by molar-refractivity contribution is 5.14. The van der Waals surface area contributed by atoms with Gasteiger partial charge in [0.25, 0.3) is 0 Å². The Morgan fingerprint density at radius 2 is 1.32 bits per heavy atom. The lowest BCUT2D eigenvalue weighted by Gasteiger charge is -2.24. The second-order valence-corrected chi connectivity index (χ2v) is 5.35. The summed E-state index contributed by atoms with van der Waals surface area (Å²) in [4.78, 5) is 0. The maximum absolute atomic E-state index is 9.23. The summed E-state index contributed by atoms with van der Waals surface area (Å²) in [6, 6.07) is 20.1. The lowest BCUT2D eigenvalue weighted by atomic mass is 10.1. The van der Waals surface area contributed by atoms with Crippen LogP contribution in [0.3, 0.4) is 0 Å². The molecular formula is C19H24O3. The van der Waals surface area contributed by atoms with Crippen molar-refractivity contribution in [2.24, 2.45) is 0 Å². The molecule has 0 unspecified atom stereocenters. The van der Waals surface area contributed by atoms with Crippen LogP contribution in [-0.4, -0.2) is 23.9 Å². The van der Waals surface area contributed by atoms with Gasteiger partial charge in [0.1, 0.15) is 0 Å². The van der Waals surface area contributed by atoms with Gasteiger partial charge in [-0.25, -0.2) is 0 Å². The normalized spacial score (nSPS) is 13.7. The summed E-state index contributed by atoms with van der Waals surface area (Å²) < 4.78 is 11.8. The Labute approximate surface area is 132 Å². The molecule has 0 saturated carbocycles. The van der Waals surface area contributed by atoms with Gasteiger partial charge in [-0.15, -0.1) is 0 Å². The van der Waals surface area contributed by atoms with E-state index in [1.807, 2.05) is 67.6 Å². The van der Waals surface area contributed by atoms with Crippen molar-refractivity contribution in [2.75, 3.05) is 6.61 Å². The highest BCUT2D eigenvalue weighted by Crippen LogP contribution is 2.13. The van der Waals surface area contributed by atoms with Crippen LogP contribution in [0.5, 0.6) is 0 Å². The van der Waals surface area contributed by atoms with E-state index >= 15 is 0 Å². The predicted octanol–water partition coefficient (Wildman–Crippen LogP) is 3.56. The number of aliphatic hydroxyl groups is 1. The predicted molar refractivity (Wildman–Crippen MR) is 87.4 cm³/mol. The summed E-state index contributed by atoms with van der Waals surface area (Å²) in [5.74, 6) is 0. The molecule has 0 bridgehead atoms. The number of rotatable bonds is 9. The zero-order valence-electron chi connectivity index (χ0n) is 13.0. The van der Waals surface area contributed by atoms with Crippen molar-refractivity contribution in [1.29, 1.82) is 0 Å². The van der Waals surface area contributed by atoms with Crippen molar-refractivity contribution in [1.82, 2.24) is 0 Å². The molecule has 22 heavy (non-hydrogen) atoms. The molecule has 2 rings (SSSR count). The van der Waals surface area contributed by atoms with Gasteiger partial charge >= 0.3 is 0 Å². The molecule has 0 aliphatic heterocycles. The topological polar surface area (TPSA) is 38.7 Å². The molecule has 0 aliphatic carbocycles. The van der Waals surface area contributed by atoms with E-state index < -0.39 is 0 Å². The summed E-state index contributed by atoms with van der Waals surface area (Å²) in [6.45, 7) is 3.18. The first-order chi connectivity index (χ1) is 10.8. The van der Waals surface area contributed by atoms with Crippen LogP contribution in [0.25, 0.3) is 0 Å². The van der Waals surface area contributed by atoms with Gasteiger partial charge < -0.3 is 14.6 Å². The minimum Gasteiger partial charge on any atom is -0.396 e. The molecule has 0 amide bonds. The Morgan fingerprint density at radius 3 is 1.82 bits per heavy atom. The van der Waals surface area contributed by atoms with E-state index in [4.69, 9.17) is 9.47 Å². The van der Waals surface area contributed by atoms with Gasteiger partial charge in [0.2, 0.25) is 0 Å². The summed E-state index contributed by atoms with van der Waals surface area (Å²) >= 11 is 0. The van der Waals surface area contributed by atoms with E-state index in [1.54, 1.807) is 0 Å². The smallest absolute Gasteiger partial charge is 0.0860 e. The largest absolute Gasteiger partial charge is 0.396 e. The van der Waals surface area contributed by atoms with Gasteiger partial charge in [0.05, 0.1) is 25.4 Å². The first kappa shape index (κ1) is 16.7. The highest BCUT2D eigenvalue weighted by Gasteiger charge is 2.18. The van der Waals surface area contributed by atoms with Crippen LogP contribution in [0.1, 0.15) is 24.5 Å². The molecule has 2 aromatic rings. The molecule has 1 N–H and O–H groups in total. The van der Waals surface area contributed by atoms with Crippen LogP contribution in [0.4, 0.5) is 0 Å². The van der Waals surface area contributed by atoms with Crippen LogP contribution < -0.4 is 0 Å². The molecule has 3 nitrogen and oxygen atoms in total. The van der Waals surface area contributed by atoms with E-state index in [2.05, 4.69) is 0 Å². The molecule has 2 aromatic carbocycles. The first-order valence-electron chi connectivity index (χ1n) is 7.71. The van der Waals surface area contributed by atoms with Gasteiger partial charge in [0.15, 0.2) is 0 Å². The van der Waals surface area contributed by atoms with E-state index in [9.17, 15) is 5.11 Å². The second kappa shape index (κ2) is 9.36. The number of hydrogen-bond acceptors (Lipinski definition) is 3. The molecule has 0 heterocycles. The van der Waals surface area contributed by atoms with Gasteiger partial charge in [0, 0.05) is 6.61 Å². The molecule has 0 fully saturated rings. The van der Waals surface area contributed by atoms with E-state index in [0.717, 1.165) is 11.1 Å². The van der Waals surface area contributed by atoms with Gasteiger partial charge in [-0.2, -0.15) is 0 Å². The second-order valence-electron chi connectivity index (χ2n) is 5.35. The van der Waals surface area contributed by atoms with Crippen LogP contribution in [-0.2, 0) is 22.7 Å². The van der Waals surface area contributed by atoms with Crippen LogP contribution in [0.15, 0.2) is 60.7 Å². The Kier molecular flexibility index (Phi) is 7.10. The zero-order chi connectivity index (χ0) is 15.6. The third-order valence-corrected chi connectivity index (χ3v) is 3.60. The quantitative estimate of drug-likeness (QED) is 0.769. The minimum atomic E-state index is -0.117. The number of aliphatic hydroxyl groups excluding tert-OH is 1. The van der Waals surface area contributed by atoms with Crippen molar-refractivity contribution in [3.63, 3.8) is 0 Å². The first-order valence-corrected chi connectivity index (χ1v) is 7.71. The highest BCUT2D eigenvalue weighted by atomic mass is 16.5. The Balaban J connectivity index is 1.83. The average Bonchev–Trinajstić information content (AvgIpc) is 2.58. The summed E-state index contributed by atoms with van der Waals surface area (Å²) in [7, 11) is 0. The molecular weight excluding hydrogens is 276 g/mol. The fourth-order valence-corrected chi connectivity index (χ4v) is 2.27. The third-order valence-electron chi connectivity index (χ3n) is 3.60. The molecule has 0 saturated heterocycles. The number of benzene rings is 2. The molecule has 0 aliphatic rings. The fraction of sp³-hybridized carbons (Fsp3) is 0.368. The summed E-state index contributed by atoms with van der Waals surface area (Å²) in [5.41, 5.74) is 2.26. The van der Waals surface area contributed by atoms with Crippen molar-refractivity contribution >= 4 is 0 Å². The van der Waals surface area contributed by atoms with Gasteiger partial charge in [-0.3, -0.25) is 0 Å². The zero-order valence-corrected chi connectivity index (χ0v) is 13.0. The van der Waals surface area contributed by atoms with Crippen molar-refractivity contribution in [3.05, 3.63) is 71.8 Å². The molecule has 0 radical (unpaired) electrons. The molecule has 2 atom stereocenters. The molecule has 0 aromatic heterocycles. The van der Waals surface area contributed by atoms with Crippen LogP contribution >= 0.6 is 0 Å². The standard InChI is InChI=1S/C19H24O3/c1-16(21-14-17-8-4-2-5-9-17)19(12-13-20)22-15-18-10-6-3-7-11-18/h2-11,16,19-20H,12-15H2,1H3/t16-,19-/m1/s1. The lowest BCUT2D eigenvalue weighted by molar-refractivity contribution is -0.0847. The average molecular weight is 300 g/mol. The van der Waals surface area contributed by atoms with Gasteiger partial charge in [-0.05, 0) is 24.5 Å². The van der Waals surface area contributed by atoms with E-state index in [-0.39, 0.29) is 18.8 Å². The SMILES string of the molecule is C[C@@H](OCc1ccccc1)[C@@H](CCO)OCc1ccccc1. The maximum Gasteiger partial charge on any atom is 0.0860 e. The van der Waals surface area contributed by atoms with E-state index in [0.29, 0.717) is 19.6 Å². The van der Waals surface area contributed by atoms with Crippen molar-refractivity contribution < 1.29 is 14.6 Å². The van der Waals surface area contributed by atoms with Gasteiger partial charge in [-0.1, -0.05) is 60.7 Å². The summed E-state index contributed by atoms with van der Waals surface area (Å²) in [5, 5.41) is 9.23. The van der Waals surface area contributed by atoms with Crippen LogP contribution in [0.2, 0.25) is 0 Å². The molecule has 3 heteroatoms. The van der Waals surface area contributed by atoms with Crippen molar-refractivity contribution in [2.45, 2.75) is 38.8 Å². The third kappa shape index (κ3) is 5.60. The number of ether oxygens (including phenoxy) is 2. The Bertz CT molecular complexity index is 513. The summed E-state index contributed by atoms with van der Waals surface area (Å²) in [6.07, 6.45) is 0.382. The maximum atomic E-state index is 9.23. The fourth-order valence-electron chi connectivity index (χ4n) is 2.27. The molecule has 118 valence electrons. The Morgan fingerprint density at radius 1 is 0.818 bits per heavy atom. The monoisotopic (exact) mass is 300 g/mol. The molecule has 0 spiro atoms. The lowest BCUT2D eigenvalue weighted by Crippen LogP contribution is -2.30. The Hall–Kier alpha value is -1.68. The van der Waals surface area contributed by atoms with Crippen molar-refractivity contribution in [3.8, 4) is 0 Å². The van der Waals surface area contributed by atoms with E-state index in [1.165, 1.54) is 0 Å². The van der Waals surface area contributed by atoms with Crippen LogP contribution in [0, 0.1) is 0 Å². The minimum absolute atomic E-state index is 0.0731. The number of hydrogen-bond donors (Lipinski definition) is 1.